The summed E-state index contributed by atoms with van der Waals surface area (Å²) >= 11 is 0. The predicted molar refractivity (Wildman–Crippen MR) is 105 cm³/mol. The first-order valence-corrected chi connectivity index (χ1v) is 9.82. The Kier molecular flexibility index (Phi) is 9.05. The van der Waals surface area contributed by atoms with E-state index < -0.39 is 47.3 Å². The Balaban J connectivity index is 2.78. The molecule has 29 heavy (non-hydrogen) atoms. The monoisotopic (exact) mass is 414 g/mol. The summed E-state index contributed by atoms with van der Waals surface area (Å²) < 4.78 is 43.7. The molecule has 0 radical (unpaired) electrons. The van der Waals surface area contributed by atoms with Gasteiger partial charge in [0.1, 0.15) is 23.6 Å². The second-order valence-electron chi connectivity index (χ2n) is 8.69. The second-order valence-corrected chi connectivity index (χ2v) is 8.69. The zero-order valence-corrected chi connectivity index (χ0v) is 18.3. The van der Waals surface area contributed by atoms with E-state index in [9.17, 15) is 18.4 Å². The largest absolute Gasteiger partial charge is 0.483 e. The Morgan fingerprint density at radius 2 is 1.69 bits per heavy atom. The minimum absolute atomic E-state index is 0.114. The fraction of sp³-hybridized carbons (Fsp3) is 0.636. The van der Waals surface area contributed by atoms with Crippen LogP contribution in [0.4, 0.5) is 8.78 Å². The number of rotatable bonds is 9. The van der Waals surface area contributed by atoms with Gasteiger partial charge in [-0.05, 0) is 52.2 Å². The number of hydrogen-bond donors (Lipinski definition) is 0. The van der Waals surface area contributed by atoms with Gasteiger partial charge >= 0.3 is 11.9 Å². The van der Waals surface area contributed by atoms with E-state index in [-0.39, 0.29) is 18.1 Å². The summed E-state index contributed by atoms with van der Waals surface area (Å²) in [5.74, 6) is -3.18. The van der Waals surface area contributed by atoms with Gasteiger partial charge in [0.25, 0.3) is 0 Å². The maximum Gasteiger partial charge on any atom is 0.309 e. The molecule has 0 saturated carbocycles. The normalized spacial score (nSPS) is 14.8. The van der Waals surface area contributed by atoms with E-state index in [1.54, 1.807) is 34.6 Å². The standard InChI is InChI=1S/C22H32F2O5/c1-13(2)10-18(28-19-12-16(23)8-9-17(19)24)15(4)27-21(26)14(3)11-20(25)29-22(5,6)7/h8-9,12-15,18H,10-11H2,1-7H3/t14-,15+,18-/m1/s1. The van der Waals surface area contributed by atoms with Gasteiger partial charge in [-0.2, -0.15) is 0 Å². The molecule has 0 amide bonds. The van der Waals surface area contributed by atoms with E-state index in [0.717, 1.165) is 18.2 Å². The highest BCUT2D eigenvalue weighted by Crippen LogP contribution is 2.24. The van der Waals surface area contributed by atoms with Gasteiger partial charge in [0.05, 0.1) is 12.3 Å². The summed E-state index contributed by atoms with van der Waals surface area (Å²) in [5.41, 5.74) is -0.640. The quantitative estimate of drug-likeness (QED) is 0.529. The summed E-state index contributed by atoms with van der Waals surface area (Å²) in [6.07, 6.45) is -1.06. The van der Waals surface area contributed by atoms with Crippen LogP contribution in [0.5, 0.6) is 5.75 Å². The highest BCUT2D eigenvalue weighted by Gasteiger charge is 2.29. The Hall–Kier alpha value is -2.18. The molecule has 0 saturated heterocycles. The molecular weight excluding hydrogens is 382 g/mol. The van der Waals surface area contributed by atoms with Crippen molar-refractivity contribution in [3.05, 3.63) is 29.8 Å². The first-order chi connectivity index (χ1) is 13.3. The van der Waals surface area contributed by atoms with Crippen molar-refractivity contribution in [1.29, 1.82) is 0 Å². The van der Waals surface area contributed by atoms with Gasteiger partial charge in [-0.25, -0.2) is 8.78 Å². The second kappa shape index (κ2) is 10.6. The van der Waals surface area contributed by atoms with E-state index in [1.165, 1.54) is 0 Å². The molecule has 0 aliphatic heterocycles. The summed E-state index contributed by atoms with van der Waals surface area (Å²) in [6.45, 7) is 12.3. The summed E-state index contributed by atoms with van der Waals surface area (Å²) in [6, 6.07) is 2.94. The molecule has 0 aliphatic carbocycles. The number of hydrogen-bond acceptors (Lipinski definition) is 5. The van der Waals surface area contributed by atoms with Gasteiger partial charge in [-0.1, -0.05) is 20.8 Å². The van der Waals surface area contributed by atoms with E-state index in [0.29, 0.717) is 6.42 Å². The number of carbonyl (C=O) groups is 2. The van der Waals surface area contributed by atoms with Crippen LogP contribution >= 0.6 is 0 Å². The predicted octanol–water partition coefficient (Wildman–Crippen LogP) is 5.06. The third-order valence-corrected chi connectivity index (χ3v) is 4.00. The number of esters is 2. The fourth-order valence-electron chi connectivity index (χ4n) is 2.62. The van der Waals surface area contributed by atoms with Crippen molar-refractivity contribution in [1.82, 2.24) is 0 Å². The molecule has 3 atom stereocenters. The number of halogens is 2. The number of ether oxygens (including phenoxy) is 3. The van der Waals surface area contributed by atoms with Gasteiger partial charge < -0.3 is 14.2 Å². The van der Waals surface area contributed by atoms with Crippen LogP contribution in [0.15, 0.2) is 18.2 Å². The van der Waals surface area contributed by atoms with Gasteiger partial charge in [0, 0.05) is 6.07 Å². The molecule has 0 fully saturated rings. The van der Waals surface area contributed by atoms with Crippen LogP contribution in [0, 0.1) is 23.5 Å². The van der Waals surface area contributed by atoms with Crippen molar-refractivity contribution in [2.45, 2.75) is 79.1 Å². The van der Waals surface area contributed by atoms with Crippen LogP contribution in [0.3, 0.4) is 0 Å². The molecule has 164 valence electrons. The average molecular weight is 414 g/mol. The lowest BCUT2D eigenvalue weighted by atomic mass is 10.0. The van der Waals surface area contributed by atoms with Crippen molar-refractivity contribution in [3.8, 4) is 5.75 Å². The van der Waals surface area contributed by atoms with Gasteiger partial charge in [-0.3, -0.25) is 9.59 Å². The van der Waals surface area contributed by atoms with Gasteiger partial charge in [0.15, 0.2) is 11.6 Å². The SMILES string of the molecule is CC(C)C[C@@H](Oc1cc(F)ccc1F)[C@H](C)OC(=O)[C@H](C)CC(=O)OC(C)(C)C. The Bertz CT molecular complexity index is 697. The minimum Gasteiger partial charge on any atom is -0.483 e. The van der Waals surface area contributed by atoms with Crippen LogP contribution in [0.1, 0.15) is 61.3 Å². The average Bonchev–Trinajstić information content (AvgIpc) is 2.55. The summed E-state index contributed by atoms with van der Waals surface area (Å²) in [5, 5.41) is 0. The third-order valence-electron chi connectivity index (χ3n) is 4.00. The van der Waals surface area contributed by atoms with E-state index >= 15 is 0 Å². The molecule has 7 heteroatoms. The van der Waals surface area contributed by atoms with E-state index in [2.05, 4.69) is 0 Å². The van der Waals surface area contributed by atoms with Crippen LogP contribution in [-0.4, -0.2) is 29.7 Å². The highest BCUT2D eigenvalue weighted by molar-refractivity contribution is 5.79. The van der Waals surface area contributed by atoms with Crippen LogP contribution < -0.4 is 4.74 Å². The lowest BCUT2D eigenvalue weighted by molar-refractivity contribution is -0.165. The Labute approximate surface area is 171 Å². The van der Waals surface area contributed by atoms with Crippen molar-refractivity contribution in [3.63, 3.8) is 0 Å². The molecule has 1 rings (SSSR count). The molecule has 5 nitrogen and oxygen atoms in total. The lowest BCUT2D eigenvalue weighted by Gasteiger charge is -2.28. The first kappa shape index (κ1) is 24.9. The van der Waals surface area contributed by atoms with Gasteiger partial charge in [0.2, 0.25) is 0 Å². The van der Waals surface area contributed by atoms with Crippen molar-refractivity contribution in [2.75, 3.05) is 0 Å². The lowest BCUT2D eigenvalue weighted by Crippen LogP contribution is -2.36. The molecular formula is C22H32F2O5. The molecule has 0 heterocycles. The molecule has 0 N–H and O–H groups in total. The van der Waals surface area contributed by atoms with Gasteiger partial charge in [-0.15, -0.1) is 0 Å². The van der Waals surface area contributed by atoms with E-state index in [1.807, 2.05) is 13.8 Å². The number of carbonyl (C=O) groups excluding carboxylic acids is 2. The Morgan fingerprint density at radius 1 is 1.07 bits per heavy atom. The molecule has 0 aliphatic rings. The fourth-order valence-corrected chi connectivity index (χ4v) is 2.62. The number of benzene rings is 1. The third kappa shape index (κ3) is 9.24. The van der Waals surface area contributed by atoms with Crippen molar-refractivity contribution >= 4 is 11.9 Å². The maximum atomic E-state index is 13.9. The molecule has 0 unspecified atom stereocenters. The summed E-state index contributed by atoms with van der Waals surface area (Å²) in [4.78, 5) is 24.3. The smallest absolute Gasteiger partial charge is 0.309 e. The van der Waals surface area contributed by atoms with Crippen LogP contribution in [0.25, 0.3) is 0 Å². The zero-order chi connectivity index (χ0) is 22.4. The first-order valence-electron chi connectivity index (χ1n) is 9.82. The van der Waals surface area contributed by atoms with E-state index in [4.69, 9.17) is 14.2 Å². The van der Waals surface area contributed by atoms with Crippen molar-refractivity contribution < 1.29 is 32.6 Å². The van der Waals surface area contributed by atoms with Crippen LogP contribution in [-0.2, 0) is 19.1 Å². The zero-order valence-electron chi connectivity index (χ0n) is 18.3. The topological polar surface area (TPSA) is 61.8 Å². The molecule has 0 aromatic heterocycles. The molecule has 1 aromatic rings. The summed E-state index contributed by atoms with van der Waals surface area (Å²) in [7, 11) is 0. The highest BCUT2D eigenvalue weighted by atomic mass is 19.1. The molecule has 0 bridgehead atoms. The van der Waals surface area contributed by atoms with Crippen molar-refractivity contribution in [2.24, 2.45) is 11.8 Å². The minimum atomic E-state index is -0.728. The molecule has 0 spiro atoms. The Morgan fingerprint density at radius 3 is 2.24 bits per heavy atom. The maximum absolute atomic E-state index is 13.9. The molecule has 1 aromatic carbocycles. The van der Waals surface area contributed by atoms with Crippen LogP contribution in [0.2, 0.25) is 0 Å².